The molecule has 0 saturated carbocycles. The minimum absolute atomic E-state index is 0.248. The van der Waals surface area contributed by atoms with Crippen molar-refractivity contribution < 1.29 is 19.4 Å². The molecule has 134 valence electrons. The monoisotopic (exact) mass is 369 g/mol. The lowest BCUT2D eigenvalue weighted by molar-refractivity contribution is 0.0701. The smallest absolute Gasteiger partial charge is 0.347 e. The first-order valence-corrected chi connectivity index (χ1v) is 8.98. The molecular weight excluding hydrogens is 350 g/mol. The van der Waals surface area contributed by atoms with Gasteiger partial charge in [0.05, 0.1) is 11.3 Å². The summed E-state index contributed by atoms with van der Waals surface area (Å²) < 4.78 is 11.5. The van der Waals surface area contributed by atoms with E-state index in [4.69, 9.17) is 9.47 Å². The van der Waals surface area contributed by atoms with E-state index < -0.39 is 5.97 Å². The van der Waals surface area contributed by atoms with Gasteiger partial charge < -0.3 is 14.6 Å². The quantitative estimate of drug-likeness (QED) is 0.617. The molecule has 0 aliphatic carbocycles. The Labute approximate surface area is 155 Å². The number of ether oxygens (including phenoxy) is 2. The molecule has 26 heavy (non-hydrogen) atoms. The fraction of sp³-hybridized carbons (Fsp3) is 0.200. The van der Waals surface area contributed by atoms with Gasteiger partial charge in [-0.1, -0.05) is 29.8 Å². The second kappa shape index (κ2) is 8.01. The van der Waals surface area contributed by atoms with E-state index in [2.05, 4.69) is 4.98 Å². The Morgan fingerprint density at radius 3 is 2.42 bits per heavy atom. The second-order valence-corrected chi connectivity index (χ2v) is 6.74. The zero-order valence-electron chi connectivity index (χ0n) is 14.6. The Hall–Kier alpha value is -2.86. The van der Waals surface area contributed by atoms with Crippen LogP contribution >= 0.6 is 11.3 Å². The number of carbonyl (C=O) groups is 1. The van der Waals surface area contributed by atoms with Crippen molar-refractivity contribution in [2.75, 3.05) is 13.2 Å². The van der Waals surface area contributed by atoms with Crippen molar-refractivity contribution in [1.82, 2.24) is 4.98 Å². The van der Waals surface area contributed by atoms with Crippen LogP contribution < -0.4 is 9.47 Å². The molecule has 0 spiro atoms. The lowest BCUT2D eigenvalue weighted by atomic mass is 10.2. The summed E-state index contributed by atoms with van der Waals surface area (Å²) in [6, 6.07) is 15.3. The molecule has 1 N–H and O–H groups in total. The second-order valence-electron chi connectivity index (χ2n) is 5.74. The number of para-hydroxylation sites is 1. The molecule has 0 unspecified atom stereocenters. The molecule has 0 atom stereocenters. The average molecular weight is 369 g/mol. The summed E-state index contributed by atoms with van der Waals surface area (Å²) in [6.07, 6.45) is 0. The highest BCUT2D eigenvalue weighted by molar-refractivity contribution is 7.17. The summed E-state index contributed by atoms with van der Waals surface area (Å²) in [7, 11) is 0. The number of aromatic carboxylic acids is 1. The first kappa shape index (κ1) is 17.9. The number of aryl methyl sites for hydroxylation is 2. The highest BCUT2D eigenvalue weighted by atomic mass is 32.1. The van der Waals surface area contributed by atoms with Crippen LogP contribution in [0.4, 0.5) is 0 Å². The Balaban J connectivity index is 1.66. The molecule has 0 bridgehead atoms. The summed E-state index contributed by atoms with van der Waals surface area (Å²) in [5, 5.41) is 9.85. The highest BCUT2D eigenvalue weighted by Gasteiger charge is 2.17. The topological polar surface area (TPSA) is 68.7 Å². The molecule has 3 aromatic rings. The van der Waals surface area contributed by atoms with Gasteiger partial charge in [-0.25, -0.2) is 9.78 Å². The highest BCUT2D eigenvalue weighted by Crippen LogP contribution is 2.34. The van der Waals surface area contributed by atoms with Gasteiger partial charge in [-0.3, -0.25) is 0 Å². The zero-order chi connectivity index (χ0) is 18.5. The van der Waals surface area contributed by atoms with Crippen LogP contribution in [0.5, 0.6) is 11.5 Å². The van der Waals surface area contributed by atoms with Gasteiger partial charge in [-0.15, -0.1) is 11.3 Å². The summed E-state index contributed by atoms with van der Waals surface area (Å²) in [5.74, 6) is 0.496. The molecule has 0 saturated heterocycles. The van der Waals surface area contributed by atoms with Gasteiger partial charge in [0.25, 0.3) is 0 Å². The standard InChI is InChI=1S/C20H19NO4S/c1-13-7-9-15(10-8-13)24-11-12-25-17-6-4-3-5-16(17)19-21-14(2)18(26-19)20(22)23/h3-10H,11-12H2,1-2H3,(H,22,23). The summed E-state index contributed by atoms with van der Waals surface area (Å²) in [4.78, 5) is 15.9. The molecule has 0 amide bonds. The maximum absolute atomic E-state index is 11.2. The Morgan fingerprint density at radius 2 is 1.73 bits per heavy atom. The van der Waals surface area contributed by atoms with E-state index in [9.17, 15) is 9.90 Å². The lowest BCUT2D eigenvalue weighted by Crippen LogP contribution is -2.09. The van der Waals surface area contributed by atoms with Crippen LogP contribution in [0.25, 0.3) is 10.6 Å². The minimum Gasteiger partial charge on any atom is -0.490 e. The van der Waals surface area contributed by atoms with Crippen molar-refractivity contribution in [3.8, 4) is 22.1 Å². The Bertz CT molecular complexity index is 902. The van der Waals surface area contributed by atoms with Crippen LogP contribution in [0.1, 0.15) is 20.9 Å². The molecule has 0 aliphatic heterocycles. The van der Waals surface area contributed by atoms with Crippen LogP contribution in [0.15, 0.2) is 48.5 Å². The molecule has 0 radical (unpaired) electrons. The normalized spacial score (nSPS) is 10.5. The third-order valence-corrected chi connectivity index (χ3v) is 4.92. The predicted octanol–water partition coefficient (Wildman–Crippen LogP) is 4.58. The van der Waals surface area contributed by atoms with E-state index in [0.29, 0.717) is 29.7 Å². The number of benzene rings is 2. The van der Waals surface area contributed by atoms with Gasteiger partial charge >= 0.3 is 5.97 Å². The van der Waals surface area contributed by atoms with Crippen molar-refractivity contribution in [3.05, 3.63) is 64.7 Å². The maximum atomic E-state index is 11.2. The minimum atomic E-state index is -0.962. The van der Waals surface area contributed by atoms with E-state index in [1.165, 1.54) is 5.56 Å². The predicted molar refractivity (Wildman–Crippen MR) is 101 cm³/mol. The van der Waals surface area contributed by atoms with Gasteiger partial charge in [-0.05, 0) is 38.1 Å². The molecule has 1 heterocycles. The third kappa shape index (κ3) is 4.21. The molecule has 5 nitrogen and oxygen atoms in total. The number of rotatable bonds is 7. The fourth-order valence-electron chi connectivity index (χ4n) is 2.42. The molecule has 2 aromatic carbocycles. The van der Waals surface area contributed by atoms with Crippen LogP contribution in [-0.2, 0) is 0 Å². The summed E-state index contributed by atoms with van der Waals surface area (Å²) >= 11 is 1.15. The number of carboxylic acids is 1. The number of aromatic nitrogens is 1. The largest absolute Gasteiger partial charge is 0.490 e. The van der Waals surface area contributed by atoms with E-state index in [1.54, 1.807) is 6.92 Å². The van der Waals surface area contributed by atoms with E-state index >= 15 is 0 Å². The SMILES string of the molecule is Cc1ccc(OCCOc2ccccc2-c2nc(C)c(C(=O)O)s2)cc1. The van der Waals surface area contributed by atoms with Crippen molar-refractivity contribution in [1.29, 1.82) is 0 Å². The molecule has 0 aliphatic rings. The van der Waals surface area contributed by atoms with Crippen LogP contribution in [0, 0.1) is 13.8 Å². The first-order valence-electron chi connectivity index (χ1n) is 8.17. The number of thiazole rings is 1. The van der Waals surface area contributed by atoms with Crippen molar-refractivity contribution in [3.63, 3.8) is 0 Å². The molecule has 0 fully saturated rings. The van der Waals surface area contributed by atoms with E-state index in [0.717, 1.165) is 22.6 Å². The molecular formula is C20H19NO4S. The Morgan fingerprint density at radius 1 is 1.04 bits per heavy atom. The van der Waals surface area contributed by atoms with Crippen LogP contribution in [-0.4, -0.2) is 29.3 Å². The average Bonchev–Trinajstić information content (AvgIpc) is 3.02. The van der Waals surface area contributed by atoms with Gasteiger partial charge in [0.2, 0.25) is 0 Å². The molecule has 6 heteroatoms. The fourth-order valence-corrected chi connectivity index (χ4v) is 3.36. The van der Waals surface area contributed by atoms with Gasteiger partial charge in [0, 0.05) is 0 Å². The third-order valence-electron chi connectivity index (χ3n) is 3.74. The van der Waals surface area contributed by atoms with Gasteiger partial charge in [0.15, 0.2) is 0 Å². The van der Waals surface area contributed by atoms with Gasteiger partial charge in [-0.2, -0.15) is 0 Å². The van der Waals surface area contributed by atoms with Crippen molar-refractivity contribution in [2.24, 2.45) is 0 Å². The molecule has 3 rings (SSSR count). The number of hydrogen-bond acceptors (Lipinski definition) is 5. The number of hydrogen-bond donors (Lipinski definition) is 1. The van der Waals surface area contributed by atoms with Crippen molar-refractivity contribution >= 4 is 17.3 Å². The first-order chi connectivity index (χ1) is 12.5. The number of nitrogens with zero attached hydrogens (tertiary/aromatic N) is 1. The van der Waals surface area contributed by atoms with Crippen molar-refractivity contribution in [2.45, 2.75) is 13.8 Å². The molecule has 1 aromatic heterocycles. The number of carboxylic acid groups (broad SMARTS) is 1. The van der Waals surface area contributed by atoms with E-state index in [-0.39, 0.29) is 4.88 Å². The maximum Gasteiger partial charge on any atom is 0.347 e. The van der Waals surface area contributed by atoms with E-state index in [1.807, 2.05) is 55.5 Å². The zero-order valence-corrected chi connectivity index (χ0v) is 15.4. The summed E-state index contributed by atoms with van der Waals surface area (Å²) in [5.41, 5.74) is 2.47. The Kier molecular flexibility index (Phi) is 5.53. The van der Waals surface area contributed by atoms with Crippen LogP contribution in [0.3, 0.4) is 0 Å². The van der Waals surface area contributed by atoms with Crippen LogP contribution in [0.2, 0.25) is 0 Å². The lowest BCUT2D eigenvalue weighted by Gasteiger charge is -2.11. The summed E-state index contributed by atoms with van der Waals surface area (Å²) in [6.45, 7) is 4.51. The van der Waals surface area contributed by atoms with Gasteiger partial charge in [0.1, 0.15) is 34.6 Å².